The van der Waals surface area contributed by atoms with Crippen LogP contribution in [0.1, 0.15) is 31.7 Å². The second-order valence-corrected chi connectivity index (χ2v) is 8.86. The van der Waals surface area contributed by atoms with Gasteiger partial charge < -0.3 is 15.5 Å². The fourth-order valence-corrected chi connectivity index (χ4v) is 4.50. The number of nitrogens with zero attached hydrogens (tertiary/aromatic N) is 4. The van der Waals surface area contributed by atoms with Crippen LogP contribution in [0.4, 0.5) is 4.39 Å². The zero-order valence-corrected chi connectivity index (χ0v) is 18.8. The first-order chi connectivity index (χ1) is 15.6. The Kier molecular flexibility index (Phi) is 7.65. The highest BCUT2D eigenvalue weighted by molar-refractivity contribution is 5.78. The van der Waals surface area contributed by atoms with E-state index in [0.717, 1.165) is 75.5 Å². The molecule has 8 heteroatoms. The van der Waals surface area contributed by atoms with Crippen molar-refractivity contribution in [2.24, 2.45) is 16.1 Å². The van der Waals surface area contributed by atoms with Crippen LogP contribution in [0, 0.1) is 11.7 Å². The summed E-state index contributed by atoms with van der Waals surface area (Å²) >= 11 is 0. The number of azo groups is 1. The Morgan fingerprint density at radius 2 is 1.88 bits per heavy atom. The van der Waals surface area contributed by atoms with Crippen LogP contribution in [0.15, 0.2) is 52.6 Å². The van der Waals surface area contributed by atoms with Crippen molar-refractivity contribution < 1.29 is 9.18 Å². The third-order valence-corrected chi connectivity index (χ3v) is 6.49. The molecule has 32 heavy (non-hydrogen) atoms. The largest absolute Gasteiger partial charge is 0.353 e. The van der Waals surface area contributed by atoms with E-state index in [-0.39, 0.29) is 17.6 Å². The van der Waals surface area contributed by atoms with E-state index in [9.17, 15) is 9.18 Å². The summed E-state index contributed by atoms with van der Waals surface area (Å²) in [6.07, 6.45) is 6.80. The van der Waals surface area contributed by atoms with Crippen LogP contribution in [0.3, 0.4) is 0 Å². The van der Waals surface area contributed by atoms with Gasteiger partial charge in [-0.15, -0.1) is 5.11 Å². The van der Waals surface area contributed by atoms with Crippen molar-refractivity contribution in [3.05, 3.63) is 53.7 Å². The van der Waals surface area contributed by atoms with Crippen molar-refractivity contribution in [1.82, 2.24) is 20.4 Å². The fourth-order valence-electron chi connectivity index (χ4n) is 4.50. The second-order valence-electron chi connectivity index (χ2n) is 8.86. The molecule has 3 aliphatic rings. The average Bonchev–Trinajstić information content (AvgIpc) is 2.79. The second kappa shape index (κ2) is 10.8. The molecule has 1 atom stereocenters. The number of rotatable bonds is 5. The van der Waals surface area contributed by atoms with Crippen LogP contribution in [-0.2, 0) is 4.79 Å². The minimum atomic E-state index is -0.237. The zero-order chi connectivity index (χ0) is 22.3. The molecule has 0 aliphatic carbocycles. The lowest BCUT2D eigenvalue weighted by atomic mass is 9.92. The lowest BCUT2D eigenvalue weighted by Crippen LogP contribution is -2.51. The molecule has 1 unspecified atom stereocenters. The Morgan fingerprint density at radius 3 is 2.59 bits per heavy atom. The maximum Gasteiger partial charge on any atom is 0.234 e. The molecule has 4 rings (SSSR count). The van der Waals surface area contributed by atoms with Crippen LogP contribution in [0.25, 0.3) is 5.57 Å². The van der Waals surface area contributed by atoms with E-state index in [1.165, 1.54) is 12.1 Å². The molecule has 0 bridgehead atoms. The minimum Gasteiger partial charge on any atom is -0.353 e. The number of hydrogen-bond donors (Lipinski definition) is 2. The Hall–Kier alpha value is -2.58. The van der Waals surface area contributed by atoms with Crippen molar-refractivity contribution in [3.8, 4) is 0 Å². The SMILES string of the molecule is CC1C/C=C(N2CCN(CC(=O)NC3CCNCC3)CC2)/N=N\C=C/1c1ccc(F)cc1. The third kappa shape index (κ3) is 6.01. The van der Waals surface area contributed by atoms with Crippen LogP contribution in [0.5, 0.6) is 0 Å². The number of amides is 1. The predicted molar refractivity (Wildman–Crippen MR) is 123 cm³/mol. The van der Waals surface area contributed by atoms with Gasteiger partial charge in [0.15, 0.2) is 0 Å². The molecule has 1 aromatic rings. The molecule has 172 valence electrons. The molecule has 2 fully saturated rings. The molecule has 0 spiro atoms. The van der Waals surface area contributed by atoms with Gasteiger partial charge in [0.2, 0.25) is 5.91 Å². The number of allylic oxidation sites excluding steroid dienone is 2. The van der Waals surface area contributed by atoms with Crippen molar-refractivity contribution in [1.29, 1.82) is 0 Å². The van der Waals surface area contributed by atoms with Gasteiger partial charge in [-0.05, 0) is 67.6 Å². The summed E-state index contributed by atoms with van der Waals surface area (Å²) in [7, 11) is 0. The molecule has 1 aromatic carbocycles. The predicted octanol–water partition coefficient (Wildman–Crippen LogP) is 2.99. The van der Waals surface area contributed by atoms with Gasteiger partial charge in [0.1, 0.15) is 11.6 Å². The van der Waals surface area contributed by atoms with Crippen molar-refractivity contribution >= 4 is 11.5 Å². The monoisotopic (exact) mass is 440 g/mol. The van der Waals surface area contributed by atoms with Crippen molar-refractivity contribution in [3.63, 3.8) is 0 Å². The number of benzene rings is 1. The van der Waals surface area contributed by atoms with Gasteiger partial charge in [-0.3, -0.25) is 9.69 Å². The third-order valence-electron chi connectivity index (χ3n) is 6.49. The summed E-state index contributed by atoms with van der Waals surface area (Å²) < 4.78 is 13.3. The highest BCUT2D eigenvalue weighted by atomic mass is 19.1. The summed E-state index contributed by atoms with van der Waals surface area (Å²) in [6, 6.07) is 6.85. The van der Waals surface area contributed by atoms with Gasteiger partial charge >= 0.3 is 0 Å². The molecule has 3 aliphatic heterocycles. The number of halogens is 1. The van der Waals surface area contributed by atoms with E-state index in [1.54, 1.807) is 18.3 Å². The quantitative estimate of drug-likeness (QED) is 0.738. The first-order valence-electron chi connectivity index (χ1n) is 11.6. The number of carbonyl (C=O) groups is 1. The lowest BCUT2D eigenvalue weighted by Gasteiger charge is -2.36. The smallest absolute Gasteiger partial charge is 0.234 e. The van der Waals surface area contributed by atoms with Gasteiger partial charge in [0.05, 0.1) is 12.7 Å². The normalized spacial score (nSPS) is 27.4. The van der Waals surface area contributed by atoms with Gasteiger partial charge in [0.25, 0.3) is 0 Å². The molecule has 1 amide bonds. The van der Waals surface area contributed by atoms with Crippen molar-refractivity contribution in [2.45, 2.75) is 32.2 Å². The van der Waals surface area contributed by atoms with Gasteiger partial charge in [0, 0.05) is 32.2 Å². The van der Waals surface area contributed by atoms with Crippen LogP contribution in [0.2, 0.25) is 0 Å². The number of nitrogens with one attached hydrogen (secondary N) is 2. The molecule has 0 radical (unpaired) electrons. The van der Waals surface area contributed by atoms with E-state index in [4.69, 9.17) is 0 Å². The standard InChI is InChI=1S/C24H33FN6O/c1-18-2-7-23(29-27-16-22(18)19-3-5-20(25)6-4-19)31-14-12-30(13-15-31)17-24(32)28-21-8-10-26-11-9-21/h3-7,16,18,21,26H,2,8-15,17H2,1H3,(H,28,32)/b22-16+,23-7-,29-27-. The summed E-state index contributed by atoms with van der Waals surface area (Å²) in [5.74, 6) is 1.04. The van der Waals surface area contributed by atoms with Crippen LogP contribution < -0.4 is 10.6 Å². The van der Waals surface area contributed by atoms with E-state index >= 15 is 0 Å². The molecule has 7 nitrogen and oxygen atoms in total. The van der Waals surface area contributed by atoms with E-state index in [2.05, 4.69) is 43.7 Å². The van der Waals surface area contributed by atoms with Crippen LogP contribution in [-0.4, -0.2) is 67.6 Å². The van der Waals surface area contributed by atoms with E-state index < -0.39 is 0 Å². The number of piperidine rings is 1. The highest BCUT2D eigenvalue weighted by Crippen LogP contribution is 2.29. The summed E-state index contributed by atoms with van der Waals surface area (Å²) in [6.45, 7) is 7.89. The average molecular weight is 441 g/mol. The first kappa shape index (κ1) is 22.6. The molecule has 2 N–H and O–H groups in total. The maximum absolute atomic E-state index is 13.3. The molecule has 0 saturated carbocycles. The minimum absolute atomic E-state index is 0.127. The Morgan fingerprint density at radius 1 is 1.16 bits per heavy atom. The van der Waals surface area contributed by atoms with Crippen LogP contribution >= 0.6 is 0 Å². The maximum atomic E-state index is 13.3. The van der Waals surface area contributed by atoms with E-state index in [1.807, 2.05) is 0 Å². The van der Waals surface area contributed by atoms with Gasteiger partial charge in [-0.1, -0.05) is 19.1 Å². The number of piperazine rings is 1. The first-order valence-corrected chi connectivity index (χ1v) is 11.6. The Balaban J connectivity index is 1.29. The summed E-state index contributed by atoms with van der Waals surface area (Å²) in [4.78, 5) is 16.8. The molecule has 3 heterocycles. The fraction of sp³-hybridized carbons (Fsp3) is 0.542. The lowest BCUT2D eigenvalue weighted by molar-refractivity contribution is -0.123. The Labute approximate surface area is 189 Å². The number of hydrogen-bond acceptors (Lipinski definition) is 6. The van der Waals surface area contributed by atoms with Gasteiger partial charge in [-0.2, -0.15) is 5.11 Å². The number of carbonyl (C=O) groups excluding carboxylic acids is 1. The van der Waals surface area contributed by atoms with Gasteiger partial charge in [-0.25, -0.2) is 4.39 Å². The molecule has 0 aromatic heterocycles. The summed E-state index contributed by atoms with van der Waals surface area (Å²) in [5.41, 5.74) is 2.04. The van der Waals surface area contributed by atoms with E-state index in [0.29, 0.717) is 12.6 Å². The molecular weight excluding hydrogens is 407 g/mol. The molecule has 2 saturated heterocycles. The highest BCUT2D eigenvalue weighted by Gasteiger charge is 2.23. The molecular formula is C24H33FN6O. The summed E-state index contributed by atoms with van der Waals surface area (Å²) in [5, 5.41) is 15.3. The topological polar surface area (TPSA) is 72.3 Å². The Bertz CT molecular complexity index is 867. The zero-order valence-electron chi connectivity index (χ0n) is 18.8. The van der Waals surface area contributed by atoms with Crippen molar-refractivity contribution in [2.75, 3.05) is 45.8 Å².